The van der Waals surface area contributed by atoms with Crippen molar-refractivity contribution in [3.8, 4) is 11.3 Å². The number of hydrogen-bond donors (Lipinski definition) is 2. The zero-order valence-corrected chi connectivity index (χ0v) is 16.2. The second-order valence-electron chi connectivity index (χ2n) is 6.79. The summed E-state index contributed by atoms with van der Waals surface area (Å²) in [6.07, 6.45) is 3.46. The Morgan fingerprint density at radius 1 is 0.923 bits per heavy atom. The quantitative estimate of drug-likeness (QED) is 0.592. The van der Waals surface area contributed by atoms with Crippen LogP contribution in [0, 0.1) is 0 Å². The minimum atomic E-state index is -0.184. The van der Waals surface area contributed by atoms with E-state index in [4.69, 9.17) is 23.2 Å². The summed E-state index contributed by atoms with van der Waals surface area (Å²) >= 11 is 12.5. The monoisotopic (exact) mass is 387 g/mol. The van der Waals surface area contributed by atoms with E-state index in [2.05, 4.69) is 25.6 Å². The summed E-state index contributed by atoms with van der Waals surface area (Å²) in [6, 6.07) is 11.0. The Morgan fingerprint density at radius 2 is 1.58 bits per heavy atom. The lowest BCUT2D eigenvalue weighted by molar-refractivity contribution is 0.626. The molecule has 2 heterocycles. The largest absolute Gasteiger partial charge is 0.350 e. The summed E-state index contributed by atoms with van der Waals surface area (Å²) in [4.78, 5) is 13.2. The van der Waals surface area contributed by atoms with Gasteiger partial charge in [-0.05, 0) is 45.0 Å². The van der Waals surface area contributed by atoms with Gasteiger partial charge >= 0.3 is 0 Å². The van der Waals surface area contributed by atoms with Crippen LogP contribution in [0.1, 0.15) is 20.8 Å². The molecule has 0 aliphatic carbocycles. The van der Waals surface area contributed by atoms with Gasteiger partial charge in [0.05, 0.1) is 21.4 Å². The second kappa shape index (κ2) is 7.48. The third kappa shape index (κ3) is 4.62. The van der Waals surface area contributed by atoms with Crippen molar-refractivity contribution in [2.45, 2.75) is 26.3 Å². The summed E-state index contributed by atoms with van der Waals surface area (Å²) in [7, 11) is 0. The average molecular weight is 388 g/mol. The van der Waals surface area contributed by atoms with Crippen LogP contribution in [-0.2, 0) is 0 Å². The average Bonchev–Trinajstić information content (AvgIpc) is 2.57. The van der Waals surface area contributed by atoms with Crippen molar-refractivity contribution in [2.75, 3.05) is 10.6 Å². The Balaban J connectivity index is 2.05. The fourth-order valence-electron chi connectivity index (χ4n) is 2.32. The first-order chi connectivity index (χ1) is 12.3. The molecular formula is C19H19Cl2N5. The molecule has 2 aromatic heterocycles. The van der Waals surface area contributed by atoms with E-state index >= 15 is 0 Å². The van der Waals surface area contributed by atoms with Crippen LogP contribution >= 0.6 is 23.2 Å². The third-order valence-electron chi connectivity index (χ3n) is 3.40. The Labute approximate surface area is 162 Å². The van der Waals surface area contributed by atoms with Crippen LogP contribution in [0.4, 0.5) is 17.5 Å². The van der Waals surface area contributed by atoms with Gasteiger partial charge in [-0.2, -0.15) is 4.98 Å². The highest BCUT2D eigenvalue weighted by atomic mass is 35.5. The van der Waals surface area contributed by atoms with Crippen LogP contribution in [0.25, 0.3) is 11.3 Å². The first-order valence-corrected chi connectivity index (χ1v) is 8.86. The molecule has 0 radical (unpaired) electrons. The second-order valence-corrected chi connectivity index (χ2v) is 7.61. The summed E-state index contributed by atoms with van der Waals surface area (Å²) in [5, 5.41) is 7.55. The van der Waals surface area contributed by atoms with Crippen LogP contribution < -0.4 is 10.6 Å². The van der Waals surface area contributed by atoms with Crippen molar-refractivity contribution in [2.24, 2.45) is 0 Å². The molecule has 0 bridgehead atoms. The first kappa shape index (κ1) is 18.4. The molecule has 0 aliphatic rings. The molecule has 0 aliphatic heterocycles. The van der Waals surface area contributed by atoms with Gasteiger partial charge in [0.1, 0.15) is 5.82 Å². The summed E-state index contributed by atoms with van der Waals surface area (Å²) in [6.45, 7) is 6.15. The Bertz CT molecular complexity index is 887. The standard InChI is InChI=1S/C19H19Cl2N5/c1-19(2,3)26-18-23-15(12-7-9-22-10-8-12)11-16(25-18)24-17-13(20)5-4-6-14(17)21/h4-11H,1-3H3,(H2,23,24,25,26). The molecule has 2 N–H and O–H groups in total. The molecule has 0 atom stereocenters. The molecule has 3 aromatic rings. The number of anilines is 3. The van der Waals surface area contributed by atoms with E-state index in [1.165, 1.54) is 0 Å². The number of halogens is 2. The smallest absolute Gasteiger partial charge is 0.225 e. The normalized spacial score (nSPS) is 11.3. The molecule has 0 spiro atoms. The van der Waals surface area contributed by atoms with Crippen molar-refractivity contribution >= 4 is 40.7 Å². The SMILES string of the molecule is CC(C)(C)Nc1nc(Nc2c(Cl)cccc2Cl)cc(-c2ccncc2)n1. The maximum Gasteiger partial charge on any atom is 0.225 e. The molecule has 3 rings (SSSR count). The van der Waals surface area contributed by atoms with Gasteiger partial charge < -0.3 is 10.6 Å². The lowest BCUT2D eigenvalue weighted by atomic mass is 10.1. The molecule has 5 nitrogen and oxygen atoms in total. The molecule has 0 saturated heterocycles. The molecule has 0 amide bonds. The van der Waals surface area contributed by atoms with E-state index in [9.17, 15) is 0 Å². The van der Waals surface area contributed by atoms with Crippen LogP contribution in [0.2, 0.25) is 10.0 Å². The molecule has 0 fully saturated rings. The maximum atomic E-state index is 6.27. The van der Waals surface area contributed by atoms with Crippen molar-refractivity contribution in [3.63, 3.8) is 0 Å². The highest BCUT2D eigenvalue weighted by Crippen LogP contribution is 2.33. The fourth-order valence-corrected chi connectivity index (χ4v) is 2.81. The lowest BCUT2D eigenvalue weighted by Crippen LogP contribution is -2.27. The van der Waals surface area contributed by atoms with Crippen molar-refractivity contribution in [3.05, 3.63) is 58.8 Å². The van der Waals surface area contributed by atoms with Crippen LogP contribution in [0.3, 0.4) is 0 Å². The number of hydrogen-bond acceptors (Lipinski definition) is 5. The Morgan fingerprint density at radius 3 is 2.19 bits per heavy atom. The van der Waals surface area contributed by atoms with E-state index in [0.717, 1.165) is 11.3 Å². The summed E-state index contributed by atoms with van der Waals surface area (Å²) < 4.78 is 0. The predicted molar refractivity (Wildman–Crippen MR) is 108 cm³/mol. The Kier molecular flexibility index (Phi) is 5.30. The number of aromatic nitrogens is 3. The molecule has 1 aromatic carbocycles. The van der Waals surface area contributed by atoms with Gasteiger partial charge in [0.15, 0.2) is 0 Å². The van der Waals surface area contributed by atoms with Gasteiger partial charge in [-0.1, -0.05) is 29.3 Å². The number of nitrogens with zero attached hydrogens (tertiary/aromatic N) is 3. The number of pyridine rings is 1. The number of rotatable bonds is 4. The molecule has 134 valence electrons. The highest BCUT2D eigenvalue weighted by Gasteiger charge is 2.15. The topological polar surface area (TPSA) is 62.7 Å². The highest BCUT2D eigenvalue weighted by molar-refractivity contribution is 6.39. The number of nitrogens with one attached hydrogen (secondary N) is 2. The van der Waals surface area contributed by atoms with Gasteiger partial charge in [0.25, 0.3) is 0 Å². The van der Waals surface area contributed by atoms with Crippen LogP contribution in [0.5, 0.6) is 0 Å². The Hall–Kier alpha value is -2.37. The van der Waals surface area contributed by atoms with Gasteiger partial charge in [-0.25, -0.2) is 4.98 Å². The van der Waals surface area contributed by atoms with Crippen LogP contribution in [-0.4, -0.2) is 20.5 Å². The predicted octanol–water partition coefficient (Wildman–Crippen LogP) is 5.80. The van der Waals surface area contributed by atoms with Crippen molar-refractivity contribution in [1.29, 1.82) is 0 Å². The zero-order valence-electron chi connectivity index (χ0n) is 14.7. The lowest BCUT2D eigenvalue weighted by Gasteiger charge is -2.21. The van der Waals surface area contributed by atoms with Gasteiger partial charge in [-0.15, -0.1) is 0 Å². The summed E-state index contributed by atoms with van der Waals surface area (Å²) in [5.41, 5.74) is 2.13. The molecule has 0 unspecified atom stereocenters. The van der Waals surface area contributed by atoms with E-state index < -0.39 is 0 Å². The van der Waals surface area contributed by atoms with Crippen LogP contribution in [0.15, 0.2) is 48.8 Å². The van der Waals surface area contributed by atoms with Gasteiger partial charge in [0.2, 0.25) is 5.95 Å². The summed E-state index contributed by atoms with van der Waals surface area (Å²) in [5.74, 6) is 1.10. The van der Waals surface area contributed by atoms with Crippen molar-refractivity contribution in [1.82, 2.24) is 15.0 Å². The van der Waals surface area contributed by atoms with E-state index in [0.29, 0.717) is 27.5 Å². The van der Waals surface area contributed by atoms with E-state index in [1.807, 2.05) is 39.0 Å². The molecular weight excluding hydrogens is 369 g/mol. The van der Waals surface area contributed by atoms with E-state index in [1.54, 1.807) is 30.6 Å². The molecule has 0 saturated carbocycles. The number of para-hydroxylation sites is 1. The minimum Gasteiger partial charge on any atom is -0.350 e. The maximum absolute atomic E-state index is 6.27. The van der Waals surface area contributed by atoms with Crippen molar-refractivity contribution < 1.29 is 0 Å². The molecule has 7 heteroatoms. The fraction of sp³-hybridized carbons (Fsp3) is 0.211. The van der Waals surface area contributed by atoms with Gasteiger partial charge in [0, 0.05) is 29.6 Å². The molecule has 26 heavy (non-hydrogen) atoms. The number of benzene rings is 1. The van der Waals surface area contributed by atoms with E-state index in [-0.39, 0.29) is 5.54 Å². The minimum absolute atomic E-state index is 0.184. The third-order valence-corrected chi connectivity index (χ3v) is 4.03. The van der Waals surface area contributed by atoms with Gasteiger partial charge in [-0.3, -0.25) is 4.98 Å². The first-order valence-electron chi connectivity index (χ1n) is 8.10. The zero-order chi connectivity index (χ0) is 18.7.